The summed E-state index contributed by atoms with van der Waals surface area (Å²) in [7, 11) is 0. The van der Waals surface area contributed by atoms with Gasteiger partial charge in [0.15, 0.2) is 0 Å². The fraction of sp³-hybridized carbons (Fsp3) is 0.917. The molecule has 2 saturated heterocycles. The SMILES string of the molecule is C[C@@H]1CN(C(=O)[C@@H]2CCCO2)C(C)(C)CO1. The first kappa shape index (κ1) is 11.9. The third-order valence-electron chi connectivity index (χ3n) is 3.36. The van der Waals surface area contributed by atoms with E-state index in [1.165, 1.54) is 0 Å². The Morgan fingerprint density at radius 2 is 2.12 bits per heavy atom. The van der Waals surface area contributed by atoms with Crippen molar-refractivity contribution in [3.05, 3.63) is 0 Å². The van der Waals surface area contributed by atoms with Crippen LogP contribution in [0, 0.1) is 0 Å². The van der Waals surface area contributed by atoms with Crippen molar-refractivity contribution in [1.29, 1.82) is 0 Å². The van der Waals surface area contributed by atoms with Crippen molar-refractivity contribution in [3.63, 3.8) is 0 Å². The van der Waals surface area contributed by atoms with Crippen LogP contribution >= 0.6 is 0 Å². The molecule has 0 aromatic carbocycles. The van der Waals surface area contributed by atoms with Crippen LogP contribution in [0.3, 0.4) is 0 Å². The van der Waals surface area contributed by atoms with Gasteiger partial charge < -0.3 is 14.4 Å². The van der Waals surface area contributed by atoms with E-state index in [0.717, 1.165) is 19.4 Å². The standard InChI is InChI=1S/C12H21NO3/c1-9-7-13(12(2,3)8-16-9)11(14)10-5-4-6-15-10/h9-10H,4-8H2,1-3H3/t9-,10+/m1/s1. The maximum Gasteiger partial charge on any atom is 0.252 e. The van der Waals surface area contributed by atoms with Crippen molar-refractivity contribution in [2.24, 2.45) is 0 Å². The van der Waals surface area contributed by atoms with Crippen molar-refractivity contribution < 1.29 is 14.3 Å². The van der Waals surface area contributed by atoms with Gasteiger partial charge in [-0.15, -0.1) is 0 Å². The number of hydrogen-bond acceptors (Lipinski definition) is 3. The zero-order valence-electron chi connectivity index (χ0n) is 10.4. The fourth-order valence-corrected chi connectivity index (χ4v) is 2.32. The molecule has 0 unspecified atom stereocenters. The van der Waals surface area contributed by atoms with Gasteiger partial charge in [-0.2, -0.15) is 0 Å². The Bertz CT molecular complexity index is 271. The molecule has 0 radical (unpaired) electrons. The smallest absolute Gasteiger partial charge is 0.252 e. The minimum Gasteiger partial charge on any atom is -0.374 e. The predicted octanol–water partition coefficient (Wildman–Crippen LogP) is 1.19. The van der Waals surface area contributed by atoms with E-state index < -0.39 is 0 Å². The minimum atomic E-state index is -0.218. The quantitative estimate of drug-likeness (QED) is 0.675. The lowest BCUT2D eigenvalue weighted by Gasteiger charge is -2.45. The first-order valence-electron chi connectivity index (χ1n) is 6.05. The number of morpholine rings is 1. The molecule has 2 rings (SSSR count). The molecule has 1 amide bonds. The first-order valence-corrected chi connectivity index (χ1v) is 6.05. The third kappa shape index (κ3) is 2.23. The summed E-state index contributed by atoms with van der Waals surface area (Å²) in [5.41, 5.74) is -0.213. The van der Waals surface area contributed by atoms with Crippen LogP contribution in [0.2, 0.25) is 0 Å². The first-order chi connectivity index (χ1) is 7.50. The Hall–Kier alpha value is -0.610. The molecule has 92 valence electrons. The zero-order valence-corrected chi connectivity index (χ0v) is 10.4. The maximum absolute atomic E-state index is 12.3. The van der Waals surface area contributed by atoms with Gasteiger partial charge in [0, 0.05) is 13.2 Å². The lowest BCUT2D eigenvalue weighted by Crippen LogP contribution is -2.59. The molecule has 0 saturated carbocycles. The van der Waals surface area contributed by atoms with Crippen molar-refractivity contribution >= 4 is 5.91 Å². The molecule has 2 heterocycles. The normalized spacial score (nSPS) is 34.1. The third-order valence-corrected chi connectivity index (χ3v) is 3.36. The van der Waals surface area contributed by atoms with E-state index in [0.29, 0.717) is 13.2 Å². The molecule has 0 aromatic heterocycles. The Balaban J connectivity index is 2.07. The zero-order chi connectivity index (χ0) is 11.8. The Morgan fingerprint density at radius 1 is 1.38 bits per heavy atom. The fourth-order valence-electron chi connectivity index (χ4n) is 2.32. The highest BCUT2D eigenvalue weighted by Crippen LogP contribution is 2.25. The number of nitrogens with zero attached hydrogens (tertiary/aromatic N) is 1. The van der Waals surface area contributed by atoms with Gasteiger partial charge in [0.25, 0.3) is 5.91 Å². The van der Waals surface area contributed by atoms with Crippen LogP contribution in [-0.2, 0) is 14.3 Å². The van der Waals surface area contributed by atoms with Crippen LogP contribution in [0.5, 0.6) is 0 Å². The van der Waals surface area contributed by atoms with Crippen LogP contribution in [0.25, 0.3) is 0 Å². The highest BCUT2D eigenvalue weighted by atomic mass is 16.5. The number of ether oxygens (including phenoxy) is 2. The van der Waals surface area contributed by atoms with Crippen LogP contribution < -0.4 is 0 Å². The summed E-state index contributed by atoms with van der Waals surface area (Å²) in [5, 5.41) is 0. The number of carbonyl (C=O) groups excluding carboxylic acids is 1. The molecule has 4 heteroatoms. The molecular weight excluding hydrogens is 206 g/mol. The summed E-state index contributed by atoms with van der Waals surface area (Å²) in [6.45, 7) is 8.09. The Morgan fingerprint density at radius 3 is 2.75 bits per heavy atom. The lowest BCUT2D eigenvalue weighted by atomic mass is 9.99. The van der Waals surface area contributed by atoms with E-state index in [1.54, 1.807) is 0 Å². The molecule has 0 aromatic rings. The molecular formula is C12H21NO3. The lowest BCUT2D eigenvalue weighted by molar-refractivity contribution is -0.162. The van der Waals surface area contributed by atoms with Gasteiger partial charge in [-0.05, 0) is 33.6 Å². The van der Waals surface area contributed by atoms with Crippen molar-refractivity contribution in [2.45, 2.75) is 51.4 Å². The van der Waals surface area contributed by atoms with Crippen molar-refractivity contribution in [3.8, 4) is 0 Å². The number of carbonyl (C=O) groups is 1. The largest absolute Gasteiger partial charge is 0.374 e. The molecule has 2 aliphatic heterocycles. The second kappa shape index (κ2) is 4.34. The summed E-state index contributed by atoms with van der Waals surface area (Å²) in [6.07, 6.45) is 1.76. The molecule has 0 aliphatic carbocycles. The minimum absolute atomic E-state index is 0.123. The summed E-state index contributed by atoms with van der Waals surface area (Å²) in [6, 6.07) is 0. The Kier molecular flexibility index (Phi) is 3.22. The number of rotatable bonds is 1. The highest BCUT2D eigenvalue weighted by molar-refractivity contribution is 5.82. The summed E-state index contributed by atoms with van der Waals surface area (Å²) in [5.74, 6) is 0.137. The van der Waals surface area contributed by atoms with Crippen molar-refractivity contribution in [2.75, 3.05) is 19.8 Å². The van der Waals surface area contributed by atoms with E-state index in [9.17, 15) is 4.79 Å². The second-order valence-electron chi connectivity index (χ2n) is 5.38. The second-order valence-corrected chi connectivity index (χ2v) is 5.38. The predicted molar refractivity (Wildman–Crippen MR) is 60.2 cm³/mol. The van der Waals surface area contributed by atoms with E-state index in [1.807, 2.05) is 25.7 Å². The molecule has 2 atom stereocenters. The molecule has 16 heavy (non-hydrogen) atoms. The number of hydrogen-bond donors (Lipinski definition) is 0. The monoisotopic (exact) mass is 227 g/mol. The van der Waals surface area contributed by atoms with Gasteiger partial charge in [-0.3, -0.25) is 4.79 Å². The maximum atomic E-state index is 12.3. The molecule has 0 N–H and O–H groups in total. The van der Waals surface area contributed by atoms with Gasteiger partial charge in [0.1, 0.15) is 6.10 Å². The molecule has 4 nitrogen and oxygen atoms in total. The van der Waals surface area contributed by atoms with Crippen LogP contribution in [0.15, 0.2) is 0 Å². The molecule has 2 fully saturated rings. The summed E-state index contributed by atoms with van der Waals surface area (Å²) in [4.78, 5) is 14.2. The molecule has 0 spiro atoms. The summed E-state index contributed by atoms with van der Waals surface area (Å²) < 4.78 is 11.1. The van der Waals surface area contributed by atoms with Gasteiger partial charge in [-0.1, -0.05) is 0 Å². The molecule has 0 bridgehead atoms. The van der Waals surface area contributed by atoms with Crippen molar-refractivity contribution in [1.82, 2.24) is 4.90 Å². The average Bonchev–Trinajstić information content (AvgIpc) is 2.74. The van der Waals surface area contributed by atoms with Crippen LogP contribution in [0.4, 0.5) is 0 Å². The molecule has 2 aliphatic rings. The van der Waals surface area contributed by atoms with Gasteiger partial charge >= 0.3 is 0 Å². The topological polar surface area (TPSA) is 38.8 Å². The number of amides is 1. The van der Waals surface area contributed by atoms with E-state index in [4.69, 9.17) is 9.47 Å². The van der Waals surface area contributed by atoms with Crippen LogP contribution in [-0.4, -0.2) is 48.3 Å². The highest BCUT2D eigenvalue weighted by Gasteiger charge is 2.40. The average molecular weight is 227 g/mol. The summed E-state index contributed by atoms with van der Waals surface area (Å²) >= 11 is 0. The van der Waals surface area contributed by atoms with E-state index in [-0.39, 0.29) is 23.7 Å². The van der Waals surface area contributed by atoms with Crippen LogP contribution in [0.1, 0.15) is 33.6 Å². The van der Waals surface area contributed by atoms with Gasteiger partial charge in [-0.25, -0.2) is 0 Å². The van der Waals surface area contributed by atoms with Gasteiger partial charge in [0.2, 0.25) is 0 Å². The van der Waals surface area contributed by atoms with Gasteiger partial charge in [0.05, 0.1) is 18.2 Å². The van der Waals surface area contributed by atoms with E-state index in [2.05, 4.69) is 0 Å². The van der Waals surface area contributed by atoms with E-state index >= 15 is 0 Å². The Labute approximate surface area is 96.9 Å².